The lowest BCUT2D eigenvalue weighted by Gasteiger charge is -2.44. The number of carbonyl (C=O) groups is 1. The molecule has 0 spiro atoms. The first-order valence-electron chi connectivity index (χ1n) is 13.8. The molecule has 7 nitrogen and oxygen atoms in total. The summed E-state index contributed by atoms with van der Waals surface area (Å²) in [6, 6.07) is 25.5. The SMILES string of the molecule is O=C1c2c(OCc3ccccc3)c(=O)ccn2N2CN1CCC=CCOc1cccc3c1C2c1ccccc1SC3. The van der Waals surface area contributed by atoms with Crippen molar-refractivity contribution in [1.29, 1.82) is 0 Å². The van der Waals surface area contributed by atoms with E-state index in [-0.39, 0.29) is 35.4 Å². The predicted octanol–water partition coefficient (Wildman–Crippen LogP) is 5.51. The lowest BCUT2D eigenvalue weighted by Crippen LogP contribution is -2.56. The molecule has 7 rings (SSSR count). The molecule has 4 aromatic rings. The van der Waals surface area contributed by atoms with Gasteiger partial charge in [-0.1, -0.05) is 72.8 Å². The number of amides is 1. The van der Waals surface area contributed by atoms with Crippen LogP contribution in [0.3, 0.4) is 0 Å². The molecule has 0 radical (unpaired) electrons. The van der Waals surface area contributed by atoms with Crippen molar-refractivity contribution in [3.8, 4) is 11.5 Å². The number of ether oxygens (including phenoxy) is 2. The van der Waals surface area contributed by atoms with Gasteiger partial charge >= 0.3 is 0 Å². The van der Waals surface area contributed by atoms with Gasteiger partial charge in [0.05, 0.1) is 0 Å². The van der Waals surface area contributed by atoms with Crippen LogP contribution >= 0.6 is 11.8 Å². The molecular formula is C33H29N3O4S. The number of carbonyl (C=O) groups excluding carboxylic acids is 1. The van der Waals surface area contributed by atoms with E-state index in [4.69, 9.17) is 9.47 Å². The molecule has 41 heavy (non-hydrogen) atoms. The molecule has 0 aliphatic carbocycles. The van der Waals surface area contributed by atoms with Gasteiger partial charge in [0.1, 0.15) is 31.7 Å². The van der Waals surface area contributed by atoms with Gasteiger partial charge in [0.15, 0.2) is 11.4 Å². The van der Waals surface area contributed by atoms with E-state index in [9.17, 15) is 9.59 Å². The summed E-state index contributed by atoms with van der Waals surface area (Å²) in [4.78, 5) is 30.3. The van der Waals surface area contributed by atoms with Crippen molar-refractivity contribution in [2.24, 2.45) is 0 Å². The Hall–Kier alpha value is -4.43. The fourth-order valence-electron chi connectivity index (χ4n) is 5.79. The molecule has 0 saturated heterocycles. The molecule has 1 atom stereocenters. The zero-order valence-corrected chi connectivity index (χ0v) is 23.3. The van der Waals surface area contributed by atoms with E-state index in [1.807, 2.05) is 64.2 Å². The molecule has 0 saturated carbocycles. The van der Waals surface area contributed by atoms with E-state index in [2.05, 4.69) is 35.3 Å². The first-order chi connectivity index (χ1) is 20.2. The predicted molar refractivity (Wildman–Crippen MR) is 159 cm³/mol. The van der Waals surface area contributed by atoms with Crippen LogP contribution in [0.2, 0.25) is 0 Å². The van der Waals surface area contributed by atoms with Crippen LogP contribution in [0.5, 0.6) is 11.5 Å². The van der Waals surface area contributed by atoms with Gasteiger partial charge in [0.25, 0.3) is 5.91 Å². The maximum atomic E-state index is 14.1. The largest absolute Gasteiger partial charge is 0.489 e. The van der Waals surface area contributed by atoms with E-state index < -0.39 is 0 Å². The molecule has 0 N–H and O–H groups in total. The fourth-order valence-corrected chi connectivity index (χ4v) is 6.87. The maximum absolute atomic E-state index is 14.1. The normalized spacial score (nSPS) is 17.7. The van der Waals surface area contributed by atoms with Gasteiger partial charge in [0, 0.05) is 35.0 Å². The van der Waals surface area contributed by atoms with Gasteiger partial charge in [-0.2, -0.15) is 0 Å². The third kappa shape index (κ3) is 4.68. The summed E-state index contributed by atoms with van der Waals surface area (Å²) in [7, 11) is 0. The number of nitrogens with zero attached hydrogens (tertiary/aromatic N) is 3. The van der Waals surface area contributed by atoms with Crippen molar-refractivity contribution < 1.29 is 14.3 Å². The molecular weight excluding hydrogens is 534 g/mol. The molecule has 3 aliphatic heterocycles. The highest BCUT2D eigenvalue weighted by atomic mass is 32.2. The van der Waals surface area contributed by atoms with Crippen LogP contribution in [0.15, 0.2) is 107 Å². The molecule has 3 aromatic carbocycles. The van der Waals surface area contributed by atoms with Crippen LogP contribution in [0, 0.1) is 0 Å². The first kappa shape index (κ1) is 25.5. The highest BCUT2D eigenvalue weighted by Crippen LogP contribution is 2.46. The van der Waals surface area contributed by atoms with E-state index in [1.165, 1.54) is 16.5 Å². The standard InChI is InChI=1S/C33H29N3O4S/c37-26-16-18-35-31(32(26)40-20-23-10-3-1-4-11-23)33(38)34-17-7-2-8-19-39-27-14-9-12-24-21-41-28-15-6-5-13-25(28)30(29(24)27)36(35)22-34/h1-6,8-16,18,30H,7,17,19-22H2. The Kier molecular flexibility index (Phi) is 6.76. The molecule has 1 unspecified atom stereocenters. The smallest absolute Gasteiger partial charge is 0.277 e. The Morgan fingerprint density at radius 3 is 2.68 bits per heavy atom. The quantitative estimate of drug-likeness (QED) is 0.306. The summed E-state index contributed by atoms with van der Waals surface area (Å²) in [5, 5.41) is 2.17. The molecule has 0 fully saturated rings. The van der Waals surface area contributed by atoms with Crippen LogP contribution in [0.1, 0.15) is 45.2 Å². The minimum atomic E-state index is -0.315. The summed E-state index contributed by atoms with van der Waals surface area (Å²) in [5.41, 5.74) is 4.24. The monoisotopic (exact) mass is 563 g/mol. The van der Waals surface area contributed by atoms with Crippen LogP contribution in [-0.2, 0) is 12.4 Å². The second-order valence-corrected chi connectivity index (χ2v) is 11.3. The van der Waals surface area contributed by atoms with Crippen LogP contribution in [-0.4, -0.2) is 35.3 Å². The highest BCUT2D eigenvalue weighted by Gasteiger charge is 2.40. The third-order valence-electron chi connectivity index (χ3n) is 7.74. The summed E-state index contributed by atoms with van der Waals surface area (Å²) in [6.07, 6.45) is 6.43. The number of aromatic nitrogens is 1. The summed E-state index contributed by atoms with van der Waals surface area (Å²) in [5.74, 6) is 1.48. The molecule has 3 aliphatic rings. The fraction of sp³-hybridized carbons (Fsp3) is 0.212. The lowest BCUT2D eigenvalue weighted by atomic mass is 9.93. The Labute approximate surface area is 242 Å². The average Bonchev–Trinajstić information content (AvgIpc) is 3.17. The van der Waals surface area contributed by atoms with Crippen LogP contribution < -0.4 is 19.9 Å². The number of benzene rings is 3. The molecule has 1 amide bonds. The van der Waals surface area contributed by atoms with Crippen molar-refractivity contribution in [3.05, 3.63) is 135 Å². The first-order valence-corrected chi connectivity index (χ1v) is 14.8. The summed E-state index contributed by atoms with van der Waals surface area (Å²) in [6.45, 7) is 1.49. The topological polar surface area (TPSA) is 64.0 Å². The average molecular weight is 564 g/mol. The second kappa shape index (κ2) is 10.9. The minimum absolute atomic E-state index is 0.0692. The third-order valence-corrected chi connectivity index (χ3v) is 8.87. The number of hydrogen-bond donors (Lipinski definition) is 0. The van der Waals surface area contributed by atoms with Gasteiger partial charge in [-0.15, -0.1) is 11.8 Å². The molecule has 8 heteroatoms. The van der Waals surface area contributed by atoms with E-state index >= 15 is 0 Å². The van der Waals surface area contributed by atoms with Crippen molar-refractivity contribution in [2.45, 2.75) is 29.7 Å². The van der Waals surface area contributed by atoms with Gasteiger partial charge in [-0.3, -0.25) is 19.3 Å². The summed E-state index contributed by atoms with van der Waals surface area (Å²) >= 11 is 1.80. The Morgan fingerprint density at radius 1 is 0.927 bits per heavy atom. The molecule has 206 valence electrons. The number of thioether (sulfide) groups is 1. The Morgan fingerprint density at radius 2 is 1.78 bits per heavy atom. The highest BCUT2D eigenvalue weighted by molar-refractivity contribution is 7.98. The van der Waals surface area contributed by atoms with Crippen molar-refractivity contribution in [1.82, 2.24) is 9.58 Å². The second-order valence-electron chi connectivity index (χ2n) is 10.3. The molecule has 1 aromatic heterocycles. The van der Waals surface area contributed by atoms with Gasteiger partial charge in [0.2, 0.25) is 5.43 Å². The number of pyridine rings is 1. The van der Waals surface area contributed by atoms with E-state index in [1.54, 1.807) is 18.0 Å². The van der Waals surface area contributed by atoms with Crippen molar-refractivity contribution in [3.63, 3.8) is 0 Å². The van der Waals surface area contributed by atoms with Gasteiger partial charge < -0.3 is 14.4 Å². The maximum Gasteiger partial charge on any atom is 0.277 e. The van der Waals surface area contributed by atoms with Crippen molar-refractivity contribution >= 4 is 17.7 Å². The van der Waals surface area contributed by atoms with E-state index in [0.29, 0.717) is 26.2 Å². The van der Waals surface area contributed by atoms with Crippen LogP contribution in [0.25, 0.3) is 0 Å². The Bertz CT molecular complexity index is 1700. The Balaban J connectivity index is 1.45. The van der Waals surface area contributed by atoms with Gasteiger partial charge in [-0.05, 0) is 35.2 Å². The van der Waals surface area contributed by atoms with E-state index in [0.717, 1.165) is 28.2 Å². The molecule has 4 heterocycles. The minimum Gasteiger partial charge on any atom is -0.489 e. The summed E-state index contributed by atoms with van der Waals surface area (Å²) < 4.78 is 14.4. The number of fused-ring (bicyclic) bond motifs is 7. The number of rotatable bonds is 3. The lowest BCUT2D eigenvalue weighted by molar-refractivity contribution is 0.0679. The van der Waals surface area contributed by atoms with Crippen LogP contribution in [0.4, 0.5) is 0 Å². The zero-order valence-electron chi connectivity index (χ0n) is 22.4. The van der Waals surface area contributed by atoms with Gasteiger partial charge in [-0.25, -0.2) is 0 Å². The van der Waals surface area contributed by atoms with Crippen molar-refractivity contribution in [2.75, 3.05) is 24.8 Å². The molecule has 2 bridgehead atoms. The zero-order chi connectivity index (χ0) is 27.8. The number of hydrogen-bond acceptors (Lipinski definition) is 6.